The lowest BCUT2D eigenvalue weighted by Gasteiger charge is -2.09. The Bertz CT molecular complexity index is 313. The molecule has 72 valence electrons. The summed E-state index contributed by atoms with van der Waals surface area (Å²) in [6.45, 7) is 0. The van der Waals surface area contributed by atoms with E-state index in [1.165, 1.54) is 6.07 Å². The zero-order valence-corrected chi connectivity index (χ0v) is 6.99. The Morgan fingerprint density at radius 3 is 2.38 bits per heavy atom. The monoisotopic (exact) mass is 211 g/mol. The first-order valence-electron chi connectivity index (χ1n) is 3.18. The molecule has 0 aliphatic carbocycles. The zero-order valence-electron chi connectivity index (χ0n) is 6.23. The molecule has 1 rings (SSSR count). The highest BCUT2D eigenvalue weighted by molar-refractivity contribution is 6.31. The summed E-state index contributed by atoms with van der Waals surface area (Å²) in [5, 5.41) is -0.381. The third-order valence-electron chi connectivity index (χ3n) is 1.38. The van der Waals surface area contributed by atoms with Crippen molar-refractivity contribution in [3.05, 3.63) is 28.8 Å². The van der Waals surface area contributed by atoms with E-state index in [1.807, 2.05) is 0 Å². The van der Waals surface area contributed by atoms with Crippen molar-refractivity contribution in [2.24, 2.45) is 5.90 Å². The van der Waals surface area contributed by atoms with Crippen LogP contribution in [0.5, 0.6) is 5.75 Å². The van der Waals surface area contributed by atoms with E-state index in [9.17, 15) is 13.2 Å². The van der Waals surface area contributed by atoms with Crippen molar-refractivity contribution in [2.45, 2.75) is 6.18 Å². The van der Waals surface area contributed by atoms with Crippen LogP contribution in [0.25, 0.3) is 0 Å². The first-order valence-corrected chi connectivity index (χ1v) is 3.56. The van der Waals surface area contributed by atoms with Gasteiger partial charge in [0.25, 0.3) is 0 Å². The molecular formula is C7H5ClF3NO. The van der Waals surface area contributed by atoms with Gasteiger partial charge in [0.1, 0.15) is 5.75 Å². The third-order valence-corrected chi connectivity index (χ3v) is 1.71. The Balaban J connectivity index is 3.19. The highest BCUT2D eigenvalue weighted by Gasteiger charge is 2.33. The fourth-order valence-corrected chi connectivity index (χ4v) is 1.02. The molecule has 0 atom stereocenters. The largest absolute Gasteiger partial charge is 0.417 e. The molecule has 0 saturated heterocycles. The average molecular weight is 212 g/mol. The molecule has 1 aromatic rings. The summed E-state index contributed by atoms with van der Waals surface area (Å²) in [5.41, 5.74) is -0.961. The Labute approximate surface area is 77.0 Å². The van der Waals surface area contributed by atoms with E-state index in [0.29, 0.717) is 0 Å². The summed E-state index contributed by atoms with van der Waals surface area (Å²) in [5.74, 6) is 4.62. The van der Waals surface area contributed by atoms with Gasteiger partial charge < -0.3 is 4.84 Å². The van der Waals surface area contributed by atoms with Crippen LogP contribution in [0.2, 0.25) is 5.02 Å². The molecule has 0 bridgehead atoms. The fraction of sp³-hybridized carbons (Fsp3) is 0.143. The van der Waals surface area contributed by atoms with Crippen molar-refractivity contribution in [2.75, 3.05) is 0 Å². The van der Waals surface area contributed by atoms with Gasteiger partial charge in [0, 0.05) is 0 Å². The van der Waals surface area contributed by atoms with Gasteiger partial charge in [-0.05, 0) is 18.2 Å². The van der Waals surface area contributed by atoms with E-state index in [4.69, 9.17) is 17.5 Å². The predicted molar refractivity (Wildman–Crippen MR) is 41.3 cm³/mol. The molecule has 0 unspecified atom stereocenters. The Hall–Kier alpha value is -0.940. The SMILES string of the molecule is NOc1ccc(Cl)c(C(F)(F)F)c1. The highest BCUT2D eigenvalue weighted by atomic mass is 35.5. The predicted octanol–water partition coefficient (Wildman–Crippen LogP) is 2.61. The fourth-order valence-electron chi connectivity index (χ4n) is 0.795. The Kier molecular flexibility index (Phi) is 2.68. The minimum atomic E-state index is -4.49. The van der Waals surface area contributed by atoms with Crippen LogP contribution in [0, 0.1) is 0 Å². The second-order valence-corrected chi connectivity index (χ2v) is 2.66. The molecule has 0 aromatic heterocycles. The summed E-state index contributed by atoms with van der Waals surface area (Å²) in [4.78, 5) is 4.15. The zero-order chi connectivity index (χ0) is 10.1. The lowest BCUT2D eigenvalue weighted by atomic mass is 10.2. The van der Waals surface area contributed by atoms with Crippen molar-refractivity contribution in [3.8, 4) is 5.75 Å². The summed E-state index contributed by atoms with van der Waals surface area (Å²) < 4.78 is 36.6. The van der Waals surface area contributed by atoms with E-state index in [0.717, 1.165) is 12.1 Å². The topological polar surface area (TPSA) is 35.2 Å². The van der Waals surface area contributed by atoms with Gasteiger partial charge in [0.15, 0.2) is 0 Å². The molecule has 2 N–H and O–H groups in total. The van der Waals surface area contributed by atoms with Crippen LogP contribution in [-0.2, 0) is 6.18 Å². The summed E-state index contributed by atoms with van der Waals surface area (Å²) in [7, 11) is 0. The van der Waals surface area contributed by atoms with Crippen molar-refractivity contribution >= 4 is 11.6 Å². The normalized spacial score (nSPS) is 11.5. The molecule has 1 aromatic carbocycles. The van der Waals surface area contributed by atoms with Crippen LogP contribution in [0.3, 0.4) is 0 Å². The number of rotatable bonds is 1. The van der Waals surface area contributed by atoms with E-state index in [2.05, 4.69) is 4.84 Å². The summed E-state index contributed by atoms with van der Waals surface area (Å²) in [6.07, 6.45) is -4.49. The smallest absolute Gasteiger partial charge is 0.412 e. The van der Waals surface area contributed by atoms with Gasteiger partial charge in [-0.15, -0.1) is 0 Å². The molecule has 6 heteroatoms. The standard InChI is InChI=1S/C7H5ClF3NO/c8-6-2-1-4(13-12)3-5(6)7(9,10)11/h1-3H,12H2. The van der Waals surface area contributed by atoms with Gasteiger partial charge in [0.05, 0.1) is 10.6 Å². The van der Waals surface area contributed by atoms with Crippen LogP contribution in [-0.4, -0.2) is 0 Å². The lowest BCUT2D eigenvalue weighted by molar-refractivity contribution is -0.137. The van der Waals surface area contributed by atoms with E-state index in [1.54, 1.807) is 0 Å². The van der Waals surface area contributed by atoms with Crippen LogP contribution in [0.1, 0.15) is 5.56 Å². The van der Waals surface area contributed by atoms with Crippen molar-refractivity contribution in [3.63, 3.8) is 0 Å². The molecule has 0 spiro atoms. The van der Waals surface area contributed by atoms with Gasteiger partial charge >= 0.3 is 6.18 Å². The van der Waals surface area contributed by atoms with Gasteiger partial charge in [-0.3, -0.25) is 0 Å². The first-order chi connectivity index (χ1) is 5.95. The third kappa shape index (κ3) is 2.26. The Morgan fingerprint density at radius 2 is 1.92 bits per heavy atom. The van der Waals surface area contributed by atoms with Crippen molar-refractivity contribution in [1.29, 1.82) is 0 Å². The van der Waals surface area contributed by atoms with Gasteiger partial charge in [0.2, 0.25) is 0 Å². The molecule has 0 heterocycles. The molecule has 0 aliphatic heterocycles. The number of halogens is 4. The number of nitrogens with two attached hydrogens (primary N) is 1. The van der Waals surface area contributed by atoms with E-state index >= 15 is 0 Å². The molecule has 2 nitrogen and oxygen atoms in total. The number of alkyl halides is 3. The van der Waals surface area contributed by atoms with Crippen molar-refractivity contribution in [1.82, 2.24) is 0 Å². The highest BCUT2D eigenvalue weighted by Crippen LogP contribution is 2.36. The van der Waals surface area contributed by atoms with E-state index in [-0.39, 0.29) is 10.8 Å². The van der Waals surface area contributed by atoms with Crippen LogP contribution < -0.4 is 10.7 Å². The molecule has 0 fully saturated rings. The maximum absolute atomic E-state index is 12.2. The summed E-state index contributed by atoms with van der Waals surface area (Å²) in [6, 6.07) is 3.06. The van der Waals surface area contributed by atoms with Crippen LogP contribution in [0.4, 0.5) is 13.2 Å². The summed E-state index contributed by atoms with van der Waals surface area (Å²) >= 11 is 5.32. The van der Waals surface area contributed by atoms with Crippen LogP contribution in [0.15, 0.2) is 18.2 Å². The Morgan fingerprint density at radius 1 is 1.31 bits per heavy atom. The minimum Gasteiger partial charge on any atom is -0.412 e. The van der Waals surface area contributed by atoms with Crippen molar-refractivity contribution < 1.29 is 18.0 Å². The maximum atomic E-state index is 12.2. The lowest BCUT2D eigenvalue weighted by Crippen LogP contribution is -2.08. The van der Waals surface area contributed by atoms with E-state index < -0.39 is 11.7 Å². The number of benzene rings is 1. The van der Waals surface area contributed by atoms with Gasteiger partial charge in [-0.25, -0.2) is 0 Å². The minimum absolute atomic E-state index is 0.0864. The van der Waals surface area contributed by atoms with Crippen LogP contribution >= 0.6 is 11.6 Å². The molecule has 0 aliphatic rings. The second kappa shape index (κ2) is 3.43. The maximum Gasteiger partial charge on any atom is 0.417 e. The molecular weight excluding hydrogens is 207 g/mol. The molecule has 13 heavy (non-hydrogen) atoms. The molecule has 0 saturated carbocycles. The molecule has 0 amide bonds. The molecule has 0 radical (unpaired) electrons. The number of hydrogen-bond donors (Lipinski definition) is 1. The van der Waals surface area contributed by atoms with Gasteiger partial charge in [-0.2, -0.15) is 19.1 Å². The second-order valence-electron chi connectivity index (χ2n) is 2.26. The quantitative estimate of drug-likeness (QED) is 0.725. The number of hydrogen-bond acceptors (Lipinski definition) is 2. The van der Waals surface area contributed by atoms with Gasteiger partial charge in [-0.1, -0.05) is 11.6 Å². The first kappa shape index (κ1) is 10.1. The average Bonchev–Trinajstić information content (AvgIpc) is 2.03.